The van der Waals surface area contributed by atoms with Gasteiger partial charge in [0.25, 0.3) is 0 Å². The number of rotatable bonds is 0. The highest BCUT2D eigenvalue weighted by molar-refractivity contribution is 5.99. The van der Waals surface area contributed by atoms with Crippen LogP contribution in [-0.4, -0.2) is 18.0 Å². The Morgan fingerprint density at radius 3 is 3.00 bits per heavy atom. The van der Waals surface area contributed by atoms with Crippen LogP contribution in [0.1, 0.15) is 0 Å². The Morgan fingerprint density at radius 1 is 1.42 bits per heavy atom. The summed E-state index contributed by atoms with van der Waals surface area (Å²) in [5, 5.41) is 0. The van der Waals surface area contributed by atoms with Crippen molar-refractivity contribution in [3.8, 4) is 0 Å². The summed E-state index contributed by atoms with van der Waals surface area (Å²) in [6.45, 7) is 3.87. The van der Waals surface area contributed by atoms with Gasteiger partial charge in [-0.1, -0.05) is 18.7 Å². The van der Waals surface area contributed by atoms with Gasteiger partial charge in [0, 0.05) is 12.1 Å². The average molecular weight is 159 g/mol. The van der Waals surface area contributed by atoms with E-state index in [-0.39, 0.29) is 17.7 Å². The lowest BCUT2D eigenvalue weighted by Gasteiger charge is -2.24. The number of carbonyl (C=O) groups is 1. The van der Waals surface area contributed by atoms with Gasteiger partial charge < -0.3 is 0 Å². The Bertz CT molecular complexity index is 291. The van der Waals surface area contributed by atoms with Gasteiger partial charge in [0.05, 0.1) is 0 Å². The van der Waals surface area contributed by atoms with E-state index in [1.807, 2.05) is 12.2 Å². The summed E-state index contributed by atoms with van der Waals surface area (Å²) < 4.78 is 0. The van der Waals surface area contributed by atoms with E-state index in [9.17, 15) is 4.79 Å². The molecule has 2 rings (SSSR count). The predicted octanol–water partition coefficient (Wildman–Crippen LogP) is 1.31. The van der Waals surface area contributed by atoms with Crippen molar-refractivity contribution in [2.45, 2.75) is 6.04 Å². The van der Waals surface area contributed by atoms with Crippen LogP contribution in [0.25, 0.3) is 0 Å². The maximum absolute atomic E-state index is 11.3. The molecule has 1 aliphatic carbocycles. The first-order valence-corrected chi connectivity index (χ1v) is 3.90. The summed E-state index contributed by atoms with van der Waals surface area (Å²) in [5.41, 5.74) is 0.965. The highest BCUT2D eigenvalue weighted by atomic mass is 16.1. The minimum atomic E-state index is -0.243. The topological polar surface area (TPSA) is 29.4 Å². The van der Waals surface area contributed by atoms with Crippen LogP contribution in [0, 0.1) is 5.92 Å². The highest BCUT2D eigenvalue weighted by Gasteiger charge is 2.29. The Kier molecular flexibility index (Phi) is 1.54. The maximum Gasteiger partial charge on any atom is 0.181 e. The average Bonchev–Trinajstić information content (AvgIpc) is 2.12. The second kappa shape index (κ2) is 2.55. The Hall–Kier alpha value is -1.44. The molecule has 1 aliphatic heterocycles. The zero-order valence-corrected chi connectivity index (χ0v) is 6.60. The molecule has 0 aromatic carbocycles. The summed E-state index contributed by atoms with van der Waals surface area (Å²) >= 11 is 0. The number of hydrogen-bond donors (Lipinski definition) is 0. The molecule has 2 heteroatoms. The van der Waals surface area contributed by atoms with E-state index in [1.165, 1.54) is 0 Å². The van der Waals surface area contributed by atoms with Gasteiger partial charge in [0.15, 0.2) is 5.78 Å². The van der Waals surface area contributed by atoms with Crippen LogP contribution in [0.5, 0.6) is 0 Å². The molecule has 2 nitrogen and oxygen atoms in total. The van der Waals surface area contributed by atoms with Gasteiger partial charge in [0.1, 0.15) is 6.04 Å². The second-order valence-corrected chi connectivity index (χ2v) is 2.96. The SMILES string of the molecule is C=C1C=CC(=O)C2N=CC=CC12. The van der Waals surface area contributed by atoms with E-state index in [2.05, 4.69) is 11.6 Å². The molecule has 0 amide bonds. The van der Waals surface area contributed by atoms with Gasteiger partial charge in [-0.3, -0.25) is 9.79 Å². The standard InChI is InChI=1S/C10H9NO/c1-7-4-5-9(12)10-8(7)3-2-6-11-10/h2-6,8,10H,1H2. The molecule has 0 saturated heterocycles. The van der Waals surface area contributed by atoms with Crippen LogP contribution in [0.2, 0.25) is 0 Å². The quantitative estimate of drug-likeness (QED) is 0.524. The van der Waals surface area contributed by atoms with E-state index in [1.54, 1.807) is 18.4 Å². The van der Waals surface area contributed by atoms with Crippen LogP contribution in [-0.2, 0) is 4.79 Å². The maximum atomic E-state index is 11.3. The van der Waals surface area contributed by atoms with Crippen LogP contribution in [0.4, 0.5) is 0 Å². The highest BCUT2D eigenvalue weighted by Crippen LogP contribution is 2.26. The first-order valence-electron chi connectivity index (χ1n) is 3.90. The van der Waals surface area contributed by atoms with E-state index < -0.39 is 0 Å². The van der Waals surface area contributed by atoms with E-state index in [0.29, 0.717) is 0 Å². The third-order valence-electron chi connectivity index (χ3n) is 2.17. The zero-order chi connectivity index (χ0) is 8.55. The summed E-state index contributed by atoms with van der Waals surface area (Å²) in [7, 11) is 0. The van der Waals surface area contributed by atoms with Gasteiger partial charge in [-0.15, -0.1) is 0 Å². The molecule has 0 aromatic heterocycles. The molecule has 2 unspecified atom stereocenters. The number of dihydropyridines is 1. The Balaban J connectivity index is 2.41. The summed E-state index contributed by atoms with van der Waals surface area (Å²) in [6, 6.07) is -0.243. The van der Waals surface area contributed by atoms with Crippen molar-refractivity contribution in [2.75, 3.05) is 0 Å². The first kappa shape index (κ1) is 7.22. The smallest absolute Gasteiger partial charge is 0.181 e. The molecular formula is C10H9NO. The molecule has 0 saturated carbocycles. The number of carbonyl (C=O) groups excluding carboxylic acids is 1. The molecule has 0 radical (unpaired) electrons. The number of hydrogen-bond acceptors (Lipinski definition) is 2. The Labute approximate surface area is 71.0 Å². The zero-order valence-electron chi connectivity index (χ0n) is 6.60. The molecule has 2 atom stereocenters. The fourth-order valence-electron chi connectivity index (χ4n) is 1.49. The van der Waals surface area contributed by atoms with Crippen molar-refractivity contribution in [1.82, 2.24) is 0 Å². The van der Waals surface area contributed by atoms with Gasteiger partial charge in [0.2, 0.25) is 0 Å². The van der Waals surface area contributed by atoms with Crippen molar-refractivity contribution in [1.29, 1.82) is 0 Å². The van der Waals surface area contributed by atoms with Gasteiger partial charge >= 0.3 is 0 Å². The molecule has 2 aliphatic rings. The van der Waals surface area contributed by atoms with Crippen molar-refractivity contribution < 1.29 is 4.79 Å². The van der Waals surface area contributed by atoms with Gasteiger partial charge in [-0.25, -0.2) is 0 Å². The molecule has 0 aromatic rings. The van der Waals surface area contributed by atoms with Crippen LogP contribution < -0.4 is 0 Å². The molecular weight excluding hydrogens is 150 g/mol. The molecule has 0 fully saturated rings. The number of allylic oxidation sites excluding steroid dienone is 2. The molecule has 12 heavy (non-hydrogen) atoms. The minimum Gasteiger partial charge on any atom is -0.292 e. The van der Waals surface area contributed by atoms with E-state index >= 15 is 0 Å². The molecule has 60 valence electrons. The van der Waals surface area contributed by atoms with Crippen LogP contribution in [0.3, 0.4) is 0 Å². The summed E-state index contributed by atoms with van der Waals surface area (Å²) in [4.78, 5) is 15.4. The predicted molar refractivity (Wildman–Crippen MR) is 48.2 cm³/mol. The second-order valence-electron chi connectivity index (χ2n) is 2.96. The van der Waals surface area contributed by atoms with Crippen molar-refractivity contribution in [3.63, 3.8) is 0 Å². The minimum absolute atomic E-state index is 0.0769. The largest absolute Gasteiger partial charge is 0.292 e. The van der Waals surface area contributed by atoms with Crippen molar-refractivity contribution in [2.24, 2.45) is 10.9 Å². The third kappa shape index (κ3) is 0.961. The molecule has 0 bridgehead atoms. The summed E-state index contributed by atoms with van der Waals surface area (Å²) in [5.74, 6) is 0.167. The lowest BCUT2D eigenvalue weighted by atomic mass is 9.84. The number of nitrogens with zero attached hydrogens (tertiary/aromatic N) is 1. The van der Waals surface area contributed by atoms with Crippen molar-refractivity contribution >= 4 is 12.0 Å². The Morgan fingerprint density at radius 2 is 2.25 bits per heavy atom. The van der Waals surface area contributed by atoms with Gasteiger partial charge in [-0.05, 0) is 17.7 Å². The van der Waals surface area contributed by atoms with Crippen LogP contribution in [0.15, 0.2) is 41.4 Å². The summed E-state index contributed by atoms with van der Waals surface area (Å²) in [6.07, 6.45) is 8.83. The molecule has 1 heterocycles. The monoisotopic (exact) mass is 159 g/mol. The van der Waals surface area contributed by atoms with Crippen LogP contribution >= 0.6 is 0 Å². The number of ketones is 1. The molecule has 0 spiro atoms. The van der Waals surface area contributed by atoms with E-state index in [4.69, 9.17) is 0 Å². The van der Waals surface area contributed by atoms with Gasteiger partial charge in [-0.2, -0.15) is 0 Å². The first-order chi connectivity index (χ1) is 5.79. The molecule has 0 N–H and O–H groups in total. The fourth-order valence-corrected chi connectivity index (χ4v) is 1.49. The number of fused-ring (bicyclic) bond motifs is 1. The van der Waals surface area contributed by atoms with Crippen molar-refractivity contribution in [3.05, 3.63) is 36.5 Å². The lowest BCUT2D eigenvalue weighted by Crippen LogP contribution is -2.30. The fraction of sp³-hybridized carbons (Fsp3) is 0.200. The lowest BCUT2D eigenvalue weighted by molar-refractivity contribution is -0.116. The third-order valence-corrected chi connectivity index (χ3v) is 2.17. The number of aliphatic imine (C=N–C) groups is 1. The van der Waals surface area contributed by atoms with E-state index in [0.717, 1.165) is 5.57 Å². The normalized spacial score (nSPS) is 32.3.